The number of rotatable bonds is 6. The summed E-state index contributed by atoms with van der Waals surface area (Å²) in [6.07, 6.45) is 2.67. The highest BCUT2D eigenvalue weighted by atomic mass is 16.5. The van der Waals surface area contributed by atoms with Gasteiger partial charge >= 0.3 is 0 Å². The molecule has 2 saturated heterocycles. The van der Waals surface area contributed by atoms with E-state index < -0.39 is 0 Å². The van der Waals surface area contributed by atoms with Crippen molar-refractivity contribution in [3.8, 4) is 11.5 Å². The smallest absolute Gasteiger partial charge is 0.123 e. The van der Waals surface area contributed by atoms with Crippen molar-refractivity contribution in [2.24, 2.45) is 5.92 Å². The fourth-order valence-corrected chi connectivity index (χ4v) is 4.20. The second-order valence-electron chi connectivity index (χ2n) is 7.42. The summed E-state index contributed by atoms with van der Waals surface area (Å²) in [5.74, 6) is 2.67. The summed E-state index contributed by atoms with van der Waals surface area (Å²) >= 11 is 0. The molecular formula is C20H33N3O2. The minimum atomic E-state index is 0.345. The van der Waals surface area contributed by atoms with Gasteiger partial charge in [0.2, 0.25) is 0 Å². The van der Waals surface area contributed by atoms with E-state index in [0.29, 0.717) is 6.04 Å². The number of nitrogens with one attached hydrogen (secondary N) is 1. The third-order valence-corrected chi connectivity index (χ3v) is 5.56. The van der Waals surface area contributed by atoms with E-state index in [0.717, 1.165) is 50.1 Å². The first-order valence-electron chi connectivity index (χ1n) is 9.60. The van der Waals surface area contributed by atoms with Gasteiger partial charge in [0.25, 0.3) is 0 Å². The molecule has 5 nitrogen and oxygen atoms in total. The number of ether oxygens (including phenoxy) is 2. The molecule has 2 heterocycles. The van der Waals surface area contributed by atoms with Crippen LogP contribution < -0.4 is 14.8 Å². The standard InChI is InChI=1S/C20H33N3O2/c1-16-5-4-10-22(14-16)15-19(23-11-8-21-9-12-23)18-13-17(24-2)6-7-20(18)25-3/h6-7,13,16,19,21H,4-5,8-12,14-15H2,1-3H3. The molecule has 1 N–H and O–H groups in total. The van der Waals surface area contributed by atoms with Crippen molar-refractivity contribution in [1.29, 1.82) is 0 Å². The van der Waals surface area contributed by atoms with Gasteiger partial charge in [-0.15, -0.1) is 0 Å². The van der Waals surface area contributed by atoms with Gasteiger partial charge in [0.05, 0.1) is 20.3 Å². The zero-order chi connectivity index (χ0) is 17.6. The molecule has 1 aromatic carbocycles. The minimum absolute atomic E-state index is 0.345. The summed E-state index contributed by atoms with van der Waals surface area (Å²) in [6.45, 7) is 10.1. The maximum atomic E-state index is 5.71. The number of piperidine rings is 1. The first-order chi connectivity index (χ1) is 12.2. The van der Waals surface area contributed by atoms with Crippen molar-refractivity contribution >= 4 is 0 Å². The van der Waals surface area contributed by atoms with Crippen LogP contribution in [0.15, 0.2) is 18.2 Å². The van der Waals surface area contributed by atoms with E-state index in [1.807, 2.05) is 12.1 Å². The van der Waals surface area contributed by atoms with Gasteiger partial charge in [0.15, 0.2) is 0 Å². The predicted octanol–water partition coefficient (Wildman–Crippen LogP) is 2.38. The maximum Gasteiger partial charge on any atom is 0.123 e. The molecule has 0 amide bonds. The van der Waals surface area contributed by atoms with E-state index in [2.05, 4.69) is 28.1 Å². The van der Waals surface area contributed by atoms with Gasteiger partial charge in [-0.25, -0.2) is 0 Å². The van der Waals surface area contributed by atoms with Crippen molar-refractivity contribution in [2.75, 3.05) is 60.0 Å². The van der Waals surface area contributed by atoms with E-state index in [4.69, 9.17) is 9.47 Å². The highest BCUT2D eigenvalue weighted by Gasteiger charge is 2.29. The Morgan fingerprint density at radius 3 is 2.64 bits per heavy atom. The lowest BCUT2D eigenvalue weighted by Gasteiger charge is -2.40. The highest BCUT2D eigenvalue weighted by Crippen LogP contribution is 2.34. The molecule has 0 saturated carbocycles. The normalized spacial score (nSPS) is 24.0. The molecule has 0 radical (unpaired) electrons. The Balaban J connectivity index is 1.87. The molecule has 2 aliphatic heterocycles. The number of piperazine rings is 1. The van der Waals surface area contributed by atoms with Gasteiger partial charge in [0.1, 0.15) is 11.5 Å². The molecule has 0 spiro atoms. The predicted molar refractivity (Wildman–Crippen MR) is 102 cm³/mol. The van der Waals surface area contributed by atoms with Gasteiger partial charge in [-0.3, -0.25) is 4.90 Å². The summed E-state index contributed by atoms with van der Waals surface area (Å²) in [7, 11) is 3.50. The number of hydrogen-bond acceptors (Lipinski definition) is 5. The lowest BCUT2D eigenvalue weighted by atomic mass is 9.97. The molecule has 1 aromatic rings. The van der Waals surface area contributed by atoms with Gasteiger partial charge < -0.3 is 19.7 Å². The van der Waals surface area contributed by atoms with Crippen molar-refractivity contribution in [1.82, 2.24) is 15.1 Å². The lowest BCUT2D eigenvalue weighted by Crippen LogP contribution is -2.49. The second kappa shape index (κ2) is 8.88. The molecule has 0 aliphatic carbocycles. The van der Waals surface area contributed by atoms with E-state index in [1.54, 1.807) is 14.2 Å². The number of nitrogens with zero attached hydrogens (tertiary/aromatic N) is 2. The highest BCUT2D eigenvalue weighted by molar-refractivity contribution is 5.42. The first-order valence-corrected chi connectivity index (χ1v) is 9.60. The molecule has 5 heteroatoms. The second-order valence-corrected chi connectivity index (χ2v) is 7.42. The molecule has 25 heavy (non-hydrogen) atoms. The van der Waals surface area contributed by atoms with Gasteiger partial charge in [-0.2, -0.15) is 0 Å². The molecule has 0 aromatic heterocycles. The summed E-state index contributed by atoms with van der Waals surface area (Å²) in [5.41, 5.74) is 1.25. The molecule has 2 fully saturated rings. The topological polar surface area (TPSA) is 37.0 Å². The van der Waals surface area contributed by atoms with Crippen molar-refractivity contribution in [3.63, 3.8) is 0 Å². The van der Waals surface area contributed by atoms with Crippen molar-refractivity contribution in [3.05, 3.63) is 23.8 Å². The molecule has 2 aliphatic rings. The third kappa shape index (κ3) is 4.66. The van der Waals surface area contributed by atoms with Crippen LogP contribution in [0.3, 0.4) is 0 Å². The zero-order valence-corrected chi connectivity index (χ0v) is 16.0. The maximum absolute atomic E-state index is 5.71. The number of likely N-dealkylation sites (tertiary alicyclic amines) is 1. The Kier molecular flexibility index (Phi) is 6.57. The largest absolute Gasteiger partial charge is 0.497 e. The van der Waals surface area contributed by atoms with Crippen LogP contribution >= 0.6 is 0 Å². The van der Waals surface area contributed by atoms with Crippen LogP contribution in [0.4, 0.5) is 0 Å². The Labute approximate surface area is 152 Å². The fourth-order valence-electron chi connectivity index (χ4n) is 4.20. The average molecular weight is 348 g/mol. The Hall–Kier alpha value is -1.30. The molecular weight excluding hydrogens is 314 g/mol. The molecule has 2 unspecified atom stereocenters. The van der Waals surface area contributed by atoms with Crippen LogP contribution in [0, 0.1) is 5.92 Å². The van der Waals surface area contributed by atoms with Crippen LogP contribution in [0.1, 0.15) is 31.4 Å². The lowest BCUT2D eigenvalue weighted by molar-refractivity contribution is 0.0985. The van der Waals surface area contributed by atoms with Crippen molar-refractivity contribution < 1.29 is 9.47 Å². The van der Waals surface area contributed by atoms with Crippen molar-refractivity contribution in [2.45, 2.75) is 25.8 Å². The van der Waals surface area contributed by atoms with Crippen LogP contribution in [0.25, 0.3) is 0 Å². The monoisotopic (exact) mass is 347 g/mol. The fraction of sp³-hybridized carbons (Fsp3) is 0.700. The average Bonchev–Trinajstić information content (AvgIpc) is 2.66. The molecule has 3 rings (SSSR count). The van der Waals surface area contributed by atoms with Crippen LogP contribution in [-0.4, -0.2) is 69.8 Å². The van der Waals surface area contributed by atoms with Gasteiger partial charge in [0, 0.05) is 44.8 Å². The van der Waals surface area contributed by atoms with Gasteiger partial charge in [-0.05, 0) is 43.5 Å². The third-order valence-electron chi connectivity index (χ3n) is 5.56. The van der Waals surface area contributed by atoms with E-state index >= 15 is 0 Å². The number of methoxy groups -OCH3 is 2. The molecule has 140 valence electrons. The van der Waals surface area contributed by atoms with E-state index in [-0.39, 0.29) is 0 Å². The van der Waals surface area contributed by atoms with Gasteiger partial charge in [-0.1, -0.05) is 6.92 Å². The van der Waals surface area contributed by atoms with Crippen LogP contribution in [-0.2, 0) is 0 Å². The van der Waals surface area contributed by atoms with Crippen LogP contribution in [0.5, 0.6) is 11.5 Å². The summed E-state index contributed by atoms with van der Waals surface area (Å²) in [6, 6.07) is 6.54. The number of benzene rings is 1. The Morgan fingerprint density at radius 1 is 1.16 bits per heavy atom. The zero-order valence-electron chi connectivity index (χ0n) is 16.0. The van der Waals surface area contributed by atoms with E-state index in [9.17, 15) is 0 Å². The Bertz CT molecular complexity index is 546. The van der Waals surface area contributed by atoms with E-state index in [1.165, 1.54) is 31.5 Å². The first kappa shape index (κ1) is 18.5. The van der Waals surface area contributed by atoms with Crippen LogP contribution in [0.2, 0.25) is 0 Å². The number of hydrogen-bond donors (Lipinski definition) is 1. The summed E-state index contributed by atoms with van der Waals surface area (Å²) in [5, 5.41) is 3.47. The molecule has 0 bridgehead atoms. The summed E-state index contributed by atoms with van der Waals surface area (Å²) < 4.78 is 11.2. The summed E-state index contributed by atoms with van der Waals surface area (Å²) in [4.78, 5) is 5.24. The Morgan fingerprint density at radius 2 is 1.96 bits per heavy atom. The SMILES string of the molecule is COc1ccc(OC)c(C(CN2CCCC(C)C2)N2CCNCC2)c1. The minimum Gasteiger partial charge on any atom is -0.497 e. The quantitative estimate of drug-likeness (QED) is 0.855. The molecule has 2 atom stereocenters.